The zero-order chi connectivity index (χ0) is 15.7. The van der Waals surface area contributed by atoms with Crippen molar-refractivity contribution in [2.45, 2.75) is 26.3 Å². The molecule has 0 saturated heterocycles. The van der Waals surface area contributed by atoms with Crippen LogP contribution in [0.3, 0.4) is 0 Å². The maximum atomic E-state index is 11.6. The van der Waals surface area contributed by atoms with Gasteiger partial charge in [0.1, 0.15) is 0 Å². The van der Waals surface area contributed by atoms with Crippen molar-refractivity contribution in [1.29, 1.82) is 0 Å². The summed E-state index contributed by atoms with van der Waals surface area (Å²) in [6.45, 7) is 3.73. The van der Waals surface area contributed by atoms with Crippen LogP contribution in [-0.4, -0.2) is 53.7 Å². The van der Waals surface area contributed by atoms with Crippen molar-refractivity contribution in [2.24, 2.45) is 12.0 Å². The molecule has 1 aromatic rings. The van der Waals surface area contributed by atoms with Crippen LogP contribution in [0.15, 0.2) is 17.3 Å². The number of aromatic nitrogens is 2. The van der Waals surface area contributed by atoms with Crippen LogP contribution in [0.2, 0.25) is 0 Å². The first-order valence-corrected chi connectivity index (χ1v) is 7.23. The lowest BCUT2D eigenvalue weighted by atomic mass is 10.3. The number of hydrogen-bond donors (Lipinski definition) is 2. The predicted octanol–water partition coefficient (Wildman–Crippen LogP) is 0.962. The van der Waals surface area contributed by atoms with Crippen molar-refractivity contribution < 1.29 is 4.79 Å². The summed E-state index contributed by atoms with van der Waals surface area (Å²) in [5.74, 6) is 0.667. The fourth-order valence-corrected chi connectivity index (χ4v) is 1.59. The van der Waals surface area contributed by atoms with Crippen LogP contribution in [0.25, 0.3) is 0 Å². The Morgan fingerprint density at radius 2 is 2.14 bits per heavy atom. The average molecular weight is 422 g/mol. The van der Waals surface area contributed by atoms with Crippen LogP contribution in [0.5, 0.6) is 0 Å². The first kappa shape index (κ1) is 20.7. The number of carbonyl (C=O) groups excluding carboxylic acids is 1. The zero-order valence-electron chi connectivity index (χ0n) is 13.8. The largest absolute Gasteiger partial charge is 0.356 e. The second-order valence-electron chi connectivity index (χ2n) is 5.03. The number of aliphatic imine (C=N–C) groups is 1. The number of likely N-dealkylation sites (N-methyl/N-ethyl adjacent to an activating group) is 1. The number of aryl methyl sites for hydroxylation is 1. The van der Waals surface area contributed by atoms with Crippen LogP contribution in [0, 0.1) is 0 Å². The van der Waals surface area contributed by atoms with Crippen LogP contribution < -0.4 is 10.6 Å². The molecule has 0 atom stereocenters. The minimum absolute atomic E-state index is 0. The molecule has 8 heteroatoms. The van der Waals surface area contributed by atoms with E-state index in [9.17, 15) is 4.79 Å². The zero-order valence-corrected chi connectivity index (χ0v) is 16.1. The standard InChI is InChI=1S/C14H26N6O.HI/c1-5-6-8-15-14(17-11-13(21)19(2)3)16-10-12-7-9-18-20(12)4;/h7,9H,5-6,8,10-11H2,1-4H3,(H2,15,16,17);1H. The van der Waals surface area contributed by atoms with E-state index in [4.69, 9.17) is 0 Å². The van der Waals surface area contributed by atoms with Crippen molar-refractivity contribution in [3.05, 3.63) is 18.0 Å². The van der Waals surface area contributed by atoms with Gasteiger partial charge in [-0.15, -0.1) is 24.0 Å². The van der Waals surface area contributed by atoms with Gasteiger partial charge in [0.25, 0.3) is 0 Å². The molecule has 1 rings (SSSR count). The molecular formula is C14H27IN6O. The van der Waals surface area contributed by atoms with E-state index >= 15 is 0 Å². The molecule has 126 valence electrons. The smallest absolute Gasteiger partial charge is 0.241 e. The lowest BCUT2D eigenvalue weighted by Gasteiger charge is -2.14. The van der Waals surface area contributed by atoms with E-state index in [-0.39, 0.29) is 36.4 Å². The van der Waals surface area contributed by atoms with Gasteiger partial charge in [0, 0.05) is 33.9 Å². The molecule has 0 aromatic carbocycles. The van der Waals surface area contributed by atoms with E-state index in [0.717, 1.165) is 25.1 Å². The van der Waals surface area contributed by atoms with E-state index in [2.05, 4.69) is 27.6 Å². The van der Waals surface area contributed by atoms with Gasteiger partial charge in [-0.1, -0.05) is 13.3 Å². The molecule has 0 aliphatic carbocycles. The van der Waals surface area contributed by atoms with Gasteiger partial charge < -0.3 is 15.5 Å². The van der Waals surface area contributed by atoms with E-state index in [1.807, 2.05) is 13.1 Å². The second-order valence-corrected chi connectivity index (χ2v) is 5.03. The molecular weight excluding hydrogens is 395 g/mol. The Kier molecular flexibility index (Phi) is 10.6. The summed E-state index contributed by atoms with van der Waals surface area (Å²) in [6.07, 6.45) is 3.92. The van der Waals surface area contributed by atoms with Crippen molar-refractivity contribution in [1.82, 2.24) is 25.3 Å². The van der Waals surface area contributed by atoms with Gasteiger partial charge in [0.2, 0.25) is 5.91 Å². The lowest BCUT2D eigenvalue weighted by Crippen LogP contribution is -2.43. The van der Waals surface area contributed by atoms with Gasteiger partial charge in [-0.05, 0) is 12.5 Å². The third kappa shape index (κ3) is 7.62. The summed E-state index contributed by atoms with van der Waals surface area (Å²) in [7, 11) is 5.36. The van der Waals surface area contributed by atoms with Gasteiger partial charge in [0.05, 0.1) is 18.8 Å². The Morgan fingerprint density at radius 1 is 1.41 bits per heavy atom. The Bertz CT molecular complexity index is 472. The Morgan fingerprint density at radius 3 is 2.68 bits per heavy atom. The molecule has 0 fully saturated rings. The maximum Gasteiger partial charge on any atom is 0.241 e. The number of halogens is 1. The summed E-state index contributed by atoms with van der Waals surface area (Å²) < 4.78 is 1.79. The number of hydrogen-bond acceptors (Lipinski definition) is 3. The second kappa shape index (κ2) is 11.3. The minimum Gasteiger partial charge on any atom is -0.356 e. The monoisotopic (exact) mass is 422 g/mol. The fraction of sp³-hybridized carbons (Fsp3) is 0.643. The minimum atomic E-state index is 0. The summed E-state index contributed by atoms with van der Waals surface area (Å²) >= 11 is 0. The first-order chi connectivity index (χ1) is 10.0. The van der Waals surface area contributed by atoms with Gasteiger partial charge in [-0.2, -0.15) is 5.10 Å². The number of amides is 1. The SMILES string of the molecule is CCCCNC(=NCc1ccnn1C)NCC(=O)N(C)C.I. The highest BCUT2D eigenvalue weighted by Crippen LogP contribution is 1.98. The van der Waals surface area contributed by atoms with E-state index < -0.39 is 0 Å². The summed E-state index contributed by atoms with van der Waals surface area (Å²) in [4.78, 5) is 17.7. The highest BCUT2D eigenvalue weighted by atomic mass is 127. The lowest BCUT2D eigenvalue weighted by molar-refractivity contribution is -0.127. The molecule has 0 unspecified atom stereocenters. The molecule has 0 aliphatic rings. The molecule has 0 saturated carbocycles. The molecule has 22 heavy (non-hydrogen) atoms. The summed E-state index contributed by atoms with van der Waals surface area (Å²) in [5.41, 5.74) is 1.02. The molecule has 1 amide bonds. The number of carbonyl (C=O) groups is 1. The molecule has 0 radical (unpaired) electrons. The molecule has 0 bridgehead atoms. The fourth-order valence-electron chi connectivity index (χ4n) is 1.59. The molecule has 1 aromatic heterocycles. The molecule has 0 aliphatic heterocycles. The third-order valence-electron chi connectivity index (χ3n) is 3.05. The van der Waals surface area contributed by atoms with Crippen molar-refractivity contribution >= 4 is 35.8 Å². The van der Waals surface area contributed by atoms with Crippen molar-refractivity contribution in [3.8, 4) is 0 Å². The van der Waals surface area contributed by atoms with Crippen LogP contribution >= 0.6 is 24.0 Å². The predicted molar refractivity (Wildman–Crippen MR) is 99.4 cm³/mol. The van der Waals surface area contributed by atoms with Gasteiger partial charge in [-0.3, -0.25) is 9.48 Å². The summed E-state index contributed by atoms with van der Waals surface area (Å²) in [6, 6.07) is 1.93. The molecule has 0 spiro atoms. The third-order valence-corrected chi connectivity index (χ3v) is 3.05. The normalized spacial score (nSPS) is 10.8. The van der Waals surface area contributed by atoms with Crippen LogP contribution in [-0.2, 0) is 18.4 Å². The molecule has 1 heterocycles. The molecule has 2 N–H and O–H groups in total. The number of guanidine groups is 1. The highest BCUT2D eigenvalue weighted by molar-refractivity contribution is 14.0. The number of rotatable bonds is 7. The average Bonchev–Trinajstić information content (AvgIpc) is 2.86. The molecule has 7 nitrogen and oxygen atoms in total. The Labute approximate surface area is 149 Å². The van der Waals surface area contributed by atoms with Crippen molar-refractivity contribution in [3.63, 3.8) is 0 Å². The number of unbranched alkanes of at least 4 members (excludes halogenated alkanes) is 1. The van der Waals surface area contributed by atoms with Crippen LogP contribution in [0.4, 0.5) is 0 Å². The Hall–Kier alpha value is -1.32. The van der Waals surface area contributed by atoms with Gasteiger partial charge in [-0.25, -0.2) is 4.99 Å². The van der Waals surface area contributed by atoms with Gasteiger partial charge in [0.15, 0.2) is 5.96 Å². The first-order valence-electron chi connectivity index (χ1n) is 7.23. The van der Waals surface area contributed by atoms with Gasteiger partial charge >= 0.3 is 0 Å². The quantitative estimate of drug-likeness (QED) is 0.297. The Balaban J connectivity index is 0.00000441. The van der Waals surface area contributed by atoms with Crippen molar-refractivity contribution in [2.75, 3.05) is 27.2 Å². The number of nitrogens with zero attached hydrogens (tertiary/aromatic N) is 4. The van der Waals surface area contributed by atoms with E-state index in [1.165, 1.54) is 0 Å². The highest BCUT2D eigenvalue weighted by Gasteiger charge is 2.06. The van der Waals surface area contributed by atoms with E-state index in [0.29, 0.717) is 12.5 Å². The topological polar surface area (TPSA) is 74.5 Å². The maximum absolute atomic E-state index is 11.6. The number of nitrogens with one attached hydrogen (secondary N) is 2. The van der Waals surface area contributed by atoms with E-state index in [1.54, 1.807) is 29.9 Å². The van der Waals surface area contributed by atoms with Crippen LogP contribution in [0.1, 0.15) is 25.5 Å². The summed E-state index contributed by atoms with van der Waals surface area (Å²) in [5, 5.41) is 10.4.